The average Bonchev–Trinajstić information content (AvgIpc) is 3.11. The molecule has 1 saturated carbocycles. The van der Waals surface area contributed by atoms with Gasteiger partial charge in [-0.1, -0.05) is 25.3 Å². The summed E-state index contributed by atoms with van der Waals surface area (Å²) in [4.78, 5) is 38.0. The first kappa shape index (κ1) is 21.4. The summed E-state index contributed by atoms with van der Waals surface area (Å²) in [5.74, 6) is 0.943. The second-order valence-electron chi connectivity index (χ2n) is 8.42. The average molecular weight is 427 g/mol. The summed E-state index contributed by atoms with van der Waals surface area (Å²) < 4.78 is 6.19. The normalized spacial score (nSPS) is 20.7. The Hall–Kier alpha value is -2.81. The van der Waals surface area contributed by atoms with Crippen molar-refractivity contribution in [2.45, 2.75) is 64.2 Å². The number of ether oxygens (including phenoxy) is 1. The molecule has 2 aromatic rings. The quantitative estimate of drug-likeness (QED) is 0.753. The SMILES string of the molecule is Cc1nc(CC(=O)N2CC(=O)N(C3CCCCC3)CC(OCc3cccnc3)C2)n[nH]1. The van der Waals surface area contributed by atoms with Gasteiger partial charge in [-0.3, -0.25) is 19.7 Å². The summed E-state index contributed by atoms with van der Waals surface area (Å²) in [6.45, 7) is 3.14. The molecule has 0 radical (unpaired) electrons. The number of aromatic nitrogens is 4. The lowest BCUT2D eigenvalue weighted by atomic mass is 9.94. The molecule has 0 aromatic carbocycles. The molecule has 1 unspecified atom stereocenters. The van der Waals surface area contributed by atoms with E-state index >= 15 is 0 Å². The third-order valence-corrected chi connectivity index (χ3v) is 6.00. The van der Waals surface area contributed by atoms with Crippen molar-refractivity contribution in [3.63, 3.8) is 0 Å². The van der Waals surface area contributed by atoms with E-state index in [1.165, 1.54) is 6.42 Å². The number of hydrogen-bond donors (Lipinski definition) is 1. The van der Waals surface area contributed by atoms with Crippen LogP contribution in [0.2, 0.25) is 0 Å². The van der Waals surface area contributed by atoms with Gasteiger partial charge in [0.25, 0.3) is 0 Å². The maximum absolute atomic E-state index is 13.1. The maximum Gasteiger partial charge on any atom is 0.242 e. The maximum atomic E-state index is 13.1. The highest BCUT2D eigenvalue weighted by molar-refractivity contribution is 5.86. The van der Waals surface area contributed by atoms with E-state index in [9.17, 15) is 9.59 Å². The Morgan fingerprint density at radius 1 is 1.26 bits per heavy atom. The van der Waals surface area contributed by atoms with E-state index in [1.54, 1.807) is 24.2 Å². The van der Waals surface area contributed by atoms with Crippen molar-refractivity contribution in [1.29, 1.82) is 0 Å². The van der Waals surface area contributed by atoms with Gasteiger partial charge in [0.1, 0.15) is 5.82 Å². The van der Waals surface area contributed by atoms with Gasteiger partial charge in [0.15, 0.2) is 5.82 Å². The molecule has 31 heavy (non-hydrogen) atoms. The molecule has 2 amide bonds. The molecule has 9 heteroatoms. The van der Waals surface area contributed by atoms with E-state index in [4.69, 9.17) is 4.74 Å². The zero-order valence-corrected chi connectivity index (χ0v) is 18.0. The molecule has 3 heterocycles. The zero-order chi connectivity index (χ0) is 21.6. The Morgan fingerprint density at radius 3 is 2.81 bits per heavy atom. The molecule has 9 nitrogen and oxygen atoms in total. The third-order valence-electron chi connectivity index (χ3n) is 6.00. The van der Waals surface area contributed by atoms with Crippen molar-refractivity contribution >= 4 is 11.8 Å². The smallest absolute Gasteiger partial charge is 0.242 e. The lowest BCUT2D eigenvalue weighted by molar-refractivity contribution is -0.140. The molecule has 2 aliphatic rings. The van der Waals surface area contributed by atoms with Gasteiger partial charge in [0, 0.05) is 31.5 Å². The van der Waals surface area contributed by atoms with Gasteiger partial charge in [0.05, 0.1) is 25.7 Å². The Morgan fingerprint density at radius 2 is 2.10 bits per heavy atom. The number of H-pyrrole nitrogens is 1. The molecule has 0 bridgehead atoms. The second kappa shape index (κ2) is 10.00. The van der Waals surface area contributed by atoms with Crippen molar-refractivity contribution in [3.8, 4) is 0 Å². The first-order chi connectivity index (χ1) is 15.1. The Labute approximate surface area is 182 Å². The van der Waals surface area contributed by atoms with E-state index in [-0.39, 0.29) is 36.9 Å². The standard InChI is InChI=1S/C22H30N6O3/c1-16-24-20(26-25-16)10-21(29)27-12-19(31-15-17-6-5-9-23-11-17)13-28(22(30)14-27)18-7-3-2-4-8-18/h5-6,9,11,18-19H,2-4,7-8,10,12-15H2,1H3,(H,24,25,26). The number of nitrogens with zero attached hydrogens (tertiary/aromatic N) is 5. The van der Waals surface area contributed by atoms with Gasteiger partial charge in [-0.25, -0.2) is 4.98 Å². The molecule has 1 aliphatic heterocycles. The van der Waals surface area contributed by atoms with Crippen LogP contribution in [0.25, 0.3) is 0 Å². The van der Waals surface area contributed by atoms with E-state index < -0.39 is 0 Å². The summed E-state index contributed by atoms with van der Waals surface area (Å²) in [6.07, 6.45) is 8.85. The van der Waals surface area contributed by atoms with E-state index in [2.05, 4.69) is 20.2 Å². The predicted octanol–water partition coefficient (Wildman–Crippen LogP) is 1.64. The fraction of sp³-hybridized carbons (Fsp3) is 0.591. The minimum atomic E-state index is -0.258. The molecule has 1 aliphatic carbocycles. The Bertz CT molecular complexity index is 880. The predicted molar refractivity (Wildman–Crippen MR) is 113 cm³/mol. The highest BCUT2D eigenvalue weighted by atomic mass is 16.5. The lowest BCUT2D eigenvalue weighted by Gasteiger charge is -2.34. The van der Waals surface area contributed by atoms with E-state index in [1.807, 2.05) is 17.0 Å². The number of amides is 2. The summed E-state index contributed by atoms with van der Waals surface area (Å²) in [6, 6.07) is 4.07. The largest absolute Gasteiger partial charge is 0.370 e. The van der Waals surface area contributed by atoms with Crippen LogP contribution in [-0.4, -0.2) is 73.6 Å². The minimum absolute atomic E-state index is 0.00102. The summed E-state index contributed by atoms with van der Waals surface area (Å²) in [5.41, 5.74) is 0.969. The van der Waals surface area contributed by atoms with Crippen molar-refractivity contribution < 1.29 is 14.3 Å². The van der Waals surface area contributed by atoms with E-state index in [0.29, 0.717) is 31.3 Å². The van der Waals surface area contributed by atoms with Crippen LogP contribution in [0.1, 0.15) is 49.3 Å². The van der Waals surface area contributed by atoms with Gasteiger partial charge >= 0.3 is 0 Å². The summed E-state index contributed by atoms with van der Waals surface area (Å²) >= 11 is 0. The van der Waals surface area contributed by atoms with Crippen LogP contribution in [0, 0.1) is 6.92 Å². The first-order valence-electron chi connectivity index (χ1n) is 11.0. The topological polar surface area (TPSA) is 104 Å². The van der Waals surface area contributed by atoms with Crippen LogP contribution in [0.15, 0.2) is 24.5 Å². The molecular formula is C22H30N6O3. The molecule has 1 atom stereocenters. The summed E-state index contributed by atoms with van der Waals surface area (Å²) in [7, 11) is 0. The van der Waals surface area contributed by atoms with Crippen LogP contribution in [0.3, 0.4) is 0 Å². The molecule has 1 saturated heterocycles. The number of nitrogens with one attached hydrogen (secondary N) is 1. The van der Waals surface area contributed by atoms with Crippen molar-refractivity contribution in [3.05, 3.63) is 41.7 Å². The van der Waals surface area contributed by atoms with Gasteiger partial charge in [-0.15, -0.1) is 0 Å². The molecule has 1 N–H and O–H groups in total. The van der Waals surface area contributed by atoms with Gasteiger partial charge in [-0.05, 0) is 31.4 Å². The monoisotopic (exact) mass is 426 g/mol. The highest BCUT2D eigenvalue weighted by Crippen LogP contribution is 2.25. The highest BCUT2D eigenvalue weighted by Gasteiger charge is 2.35. The number of aryl methyl sites for hydroxylation is 1. The van der Waals surface area contributed by atoms with Gasteiger partial charge in [-0.2, -0.15) is 5.10 Å². The number of carbonyl (C=O) groups is 2. The Balaban J connectivity index is 1.48. The first-order valence-corrected chi connectivity index (χ1v) is 11.0. The zero-order valence-electron chi connectivity index (χ0n) is 18.0. The van der Waals surface area contributed by atoms with Crippen LogP contribution in [0.4, 0.5) is 0 Å². The molecule has 2 aromatic heterocycles. The second-order valence-corrected chi connectivity index (χ2v) is 8.42. The lowest BCUT2D eigenvalue weighted by Crippen LogP contribution is -2.46. The number of aromatic amines is 1. The third kappa shape index (κ3) is 5.66. The number of hydrogen-bond acceptors (Lipinski definition) is 6. The Kier molecular flexibility index (Phi) is 6.91. The van der Waals surface area contributed by atoms with Crippen molar-refractivity contribution in [2.24, 2.45) is 0 Å². The van der Waals surface area contributed by atoms with Crippen molar-refractivity contribution in [1.82, 2.24) is 30.0 Å². The van der Waals surface area contributed by atoms with Crippen LogP contribution >= 0.6 is 0 Å². The van der Waals surface area contributed by atoms with Gasteiger partial charge < -0.3 is 14.5 Å². The molecule has 4 rings (SSSR count). The number of carbonyl (C=O) groups excluding carboxylic acids is 2. The molecule has 166 valence electrons. The fourth-order valence-electron chi connectivity index (χ4n) is 4.40. The molecule has 2 fully saturated rings. The van der Waals surface area contributed by atoms with Crippen LogP contribution in [-0.2, 0) is 27.4 Å². The summed E-state index contributed by atoms with van der Waals surface area (Å²) in [5, 5.41) is 6.82. The number of pyridine rings is 1. The molecule has 0 spiro atoms. The fourth-order valence-corrected chi connectivity index (χ4v) is 4.40. The minimum Gasteiger partial charge on any atom is -0.370 e. The van der Waals surface area contributed by atoms with Crippen LogP contribution < -0.4 is 0 Å². The van der Waals surface area contributed by atoms with E-state index in [0.717, 1.165) is 31.2 Å². The van der Waals surface area contributed by atoms with Gasteiger partial charge in [0.2, 0.25) is 11.8 Å². The van der Waals surface area contributed by atoms with Crippen LogP contribution in [0.5, 0.6) is 0 Å². The number of rotatable bonds is 6. The molecular weight excluding hydrogens is 396 g/mol. The van der Waals surface area contributed by atoms with Crippen molar-refractivity contribution in [2.75, 3.05) is 19.6 Å².